The molecule has 1 fully saturated rings. The molecule has 0 saturated carbocycles. The number of aromatic nitrogens is 1. The summed E-state index contributed by atoms with van der Waals surface area (Å²) in [5.41, 5.74) is -0.761. The Morgan fingerprint density at radius 3 is 2.35 bits per heavy atom. The Morgan fingerprint density at radius 2 is 1.85 bits per heavy atom. The van der Waals surface area contributed by atoms with E-state index < -0.39 is 24.3 Å². The normalized spacial score (nSPS) is 20.0. The Bertz CT molecular complexity index is 532. The molecule has 0 aliphatic carbocycles. The van der Waals surface area contributed by atoms with Gasteiger partial charge < -0.3 is 14.6 Å². The summed E-state index contributed by atoms with van der Waals surface area (Å²) in [4.78, 5) is 15.2. The fourth-order valence-electron chi connectivity index (χ4n) is 1.87. The van der Waals surface area contributed by atoms with Crippen LogP contribution in [0.1, 0.15) is 38.1 Å². The second-order valence-electron chi connectivity index (χ2n) is 5.77. The quantitative estimate of drug-likeness (QED) is 0.645. The van der Waals surface area contributed by atoms with E-state index in [1.807, 2.05) is 27.7 Å². The van der Waals surface area contributed by atoms with Gasteiger partial charge in [0.05, 0.1) is 16.8 Å². The lowest BCUT2D eigenvalue weighted by atomic mass is 9.79. The maximum Gasteiger partial charge on any atom is 0.499 e. The fourth-order valence-corrected chi connectivity index (χ4v) is 1.87. The van der Waals surface area contributed by atoms with Crippen LogP contribution in [-0.4, -0.2) is 36.3 Å². The van der Waals surface area contributed by atoms with Crippen molar-refractivity contribution in [3.05, 3.63) is 23.8 Å². The third kappa shape index (κ3) is 2.43. The molecular formula is C13H18BFN2O3. The van der Waals surface area contributed by atoms with Crippen molar-refractivity contribution in [3.8, 4) is 0 Å². The van der Waals surface area contributed by atoms with Crippen molar-refractivity contribution in [1.82, 2.24) is 10.3 Å². The summed E-state index contributed by atoms with van der Waals surface area (Å²) in [7, 11) is 0.622. The number of amides is 1. The Hall–Kier alpha value is -1.47. The number of rotatable bonds is 2. The van der Waals surface area contributed by atoms with Crippen molar-refractivity contribution in [2.45, 2.75) is 38.9 Å². The lowest BCUT2D eigenvalue weighted by molar-refractivity contribution is 0.00578. The molecule has 5 nitrogen and oxygen atoms in total. The molecule has 2 heterocycles. The number of nitrogens with one attached hydrogen (secondary N) is 1. The lowest BCUT2D eigenvalue weighted by Gasteiger charge is -2.32. The van der Waals surface area contributed by atoms with Crippen molar-refractivity contribution >= 4 is 18.5 Å². The zero-order chi connectivity index (χ0) is 15.1. The zero-order valence-corrected chi connectivity index (χ0v) is 12.3. The molecule has 0 bridgehead atoms. The molecule has 1 N–H and O–H groups in total. The van der Waals surface area contributed by atoms with Crippen molar-refractivity contribution in [2.75, 3.05) is 7.05 Å². The van der Waals surface area contributed by atoms with E-state index in [0.717, 1.165) is 0 Å². The van der Waals surface area contributed by atoms with Crippen LogP contribution in [0.25, 0.3) is 0 Å². The maximum atomic E-state index is 13.9. The van der Waals surface area contributed by atoms with E-state index in [-0.39, 0.29) is 16.9 Å². The Kier molecular flexibility index (Phi) is 3.60. The molecule has 108 valence electrons. The molecule has 1 aliphatic heterocycles. The maximum absolute atomic E-state index is 13.9. The van der Waals surface area contributed by atoms with E-state index in [1.165, 1.54) is 19.3 Å². The van der Waals surface area contributed by atoms with E-state index in [9.17, 15) is 9.18 Å². The summed E-state index contributed by atoms with van der Waals surface area (Å²) in [5.74, 6) is -1.04. The Morgan fingerprint density at radius 1 is 1.30 bits per heavy atom. The molecule has 20 heavy (non-hydrogen) atoms. The molecule has 0 radical (unpaired) electrons. The summed E-state index contributed by atoms with van der Waals surface area (Å²) in [6, 6.07) is 1.41. The highest BCUT2D eigenvalue weighted by molar-refractivity contribution is 6.62. The van der Waals surface area contributed by atoms with Gasteiger partial charge in [0.2, 0.25) is 5.95 Å². The summed E-state index contributed by atoms with van der Waals surface area (Å²) < 4.78 is 25.4. The standard InChI is InChI=1S/C13H18BFN2O3/c1-12(2)13(3,4)20-14(19-12)9-6-8(11(18)16-5)7-17-10(9)15/h6-7H,1-5H3,(H,16,18). The number of pyridine rings is 1. The molecule has 2 rings (SSSR count). The molecule has 0 atom stereocenters. The molecule has 1 aromatic rings. The first-order valence-electron chi connectivity index (χ1n) is 6.41. The Labute approximate surface area is 118 Å². The number of carbonyl (C=O) groups is 1. The predicted molar refractivity (Wildman–Crippen MR) is 73.3 cm³/mol. The minimum absolute atomic E-state index is 0.129. The molecule has 0 unspecified atom stereocenters. The summed E-state index contributed by atoms with van der Waals surface area (Å²) >= 11 is 0. The van der Waals surface area contributed by atoms with Crippen LogP contribution >= 0.6 is 0 Å². The largest absolute Gasteiger partial charge is 0.499 e. The van der Waals surface area contributed by atoms with Gasteiger partial charge in [-0.1, -0.05) is 0 Å². The van der Waals surface area contributed by atoms with E-state index in [0.29, 0.717) is 0 Å². The van der Waals surface area contributed by atoms with Crippen LogP contribution in [0.4, 0.5) is 4.39 Å². The minimum Gasteiger partial charge on any atom is -0.399 e. The van der Waals surface area contributed by atoms with Crippen molar-refractivity contribution in [1.29, 1.82) is 0 Å². The topological polar surface area (TPSA) is 60.5 Å². The van der Waals surface area contributed by atoms with Gasteiger partial charge in [0.15, 0.2) is 0 Å². The van der Waals surface area contributed by atoms with Gasteiger partial charge in [0.25, 0.3) is 5.91 Å². The lowest BCUT2D eigenvalue weighted by Crippen LogP contribution is -2.41. The smallest absolute Gasteiger partial charge is 0.399 e. The van der Waals surface area contributed by atoms with Gasteiger partial charge in [-0.25, -0.2) is 4.98 Å². The second-order valence-corrected chi connectivity index (χ2v) is 5.77. The molecule has 1 saturated heterocycles. The highest BCUT2D eigenvalue weighted by Gasteiger charge is 2.52. The SMILES string of the molecule is CNC(=O)c1cnc(F)c(B2OC(C)(C)C(C)(C)O2)c1. The van der Waals surface area contributed by atoms with Crippen molar-refractivity contribution < 1.29 is 18.5 Å². The van der Waals surface area contributed by atoms with Gasteiger partial charge in [-0.05, 0) is 33.8 Å². The fraction of sp³-hybridized carbons (Fsp3) is 0.538. The number of hydrogen-bond acceptors (Lipinski definition) is 4. The monoisotopic (exact) mass is 280 g/mol. The zero-order valence-electron chi connectivity index (χ0n) is 12.3. The van der Waals surface area contributed by atoms with Gasteiger partial charge in [-0.2, -0.15) is 4.39 Å². The number of hydrogen-bond donors (Lipinski definition) is 1. The van der Waals surface area contributed by atoms with E-state index >= 15 is 0 Å². The Balaban J connectivity index is 2.37. The molecule has 1 aromatic heterocycles. The van der Waals surface area contributed by atoms with Gasteiger partial charge >= 0.3 is 7.12 Å². The molecule has 0 aromatic carbocycles. The first-order chi connectivity index (χ1) is 9.18. The van der Waals surface area contributed by atoms with E-state index in [4.69, 9.17) is 9.31 Å². The predicted octanol–water partition coefficient (Wildman–Crippen LogP) is 0.879. The van der Waals surface area contributed by atoms with Crippen LogP contribution in [0.15, 0.2) is 12.3 Å². The van der Waals surface area contributed by atoms with Gasteiger partial charge in [0, 0.05) is 18.7 Å². The average molecular weight is 280 g/mol. The van der Waals surface area contributed by atoms with Crippen LogP contribution in [0.2, 0.25) is 0 Å². The number of nitrogens with zero attached hydrogens (tertiary/aromatic N) is 1. The first kappa shape index (κ1) is 14.9. The van der Waals surface area contributed by atoms with Gasteiger partial charge in [0.1, 0.15) is 0 Å². The summed E-state index contributed by atoms with van der Waals surface area (Å²) in [5, 5.41) is 2.47. The number of carbonyl (C=O) groups excluding carboxylic acids is 1. The highest BCUT2D eigenvalue weighted by atomic mass is 19.1. The van der Waals surface area contributed by atoms with Gasteiger partial charge in [-0.3, -0.25) is 4.79 Å². The number of halogens is 1. The van der Waals surface area contributed by atoms with Crippen molar-refractivity contribution in [2.24, 2.45) is 0 Å². The second kappa shape index (κ2) is 4.82. The average Bonchev–Trinajstić information content (AvgIpc) is 2.58. The summed E-state index contributed by atoms with van der Waals surface area (Å²) in [6.45, 7) is 7.50. The van der Waals surface area contributed by atoms with Crippen LogP contribution in [0.3, 0.4) is 0 Å². The van der Waals surface area contributed by atoms with E-state index in [2.05, 4.69) is 10.3 Å². The third-order valence-corrected chi connectivity index (χ3v) is 3.86. The molecular weight excluding hydrogens is 262 g/mol. The van der Waals surface area contributed by atoms with Crippen LogP contribution < -0.4 is 10.8 Å². The van der Waals surface area contributed by atoms with Crippen LogP contribution in [-0.2, 0) is 9.31 Å². The molecule has 1 amide bonds. The van der Waals surface area contributed by atoms with E-state index in [1.54, 1.807) is 0 Å². The van der Waals surface area contributed by atoms with Crippen molar-refractivity contribution in [3.63, 3.8) is 0 Å². The van der Waals surface area contributed by atoms with Crippen LogP contribution in [0, 0.1) is 5.95 Å². The molecule has 7 heteroatoms. The molecule has 1 aliphatic rings. The first-order valence-corrected chi connectivity index (χ1v) is 6.41. The summed E-state index contributed by atoms with van der Waals surface area (Å²) in [6.07, 6.45) is 1.18. The third-order valence-electron chi connectivity index (χ3n) is 3.86. The van der Waals surface area contributed by atoms with Crippen LogP contribution in [0.5, 0.6) is 0 Å². The molecule has 0 spiro atoms. The van der Waals surface area contributed by atoms with Gasteiger partial charge in [-0.15, -0.1) is 0 Å². The minimum atomic E-state index is -0.878. The highest BCUT2D eigenvalue weighted by Crippen LogP contribution is 2.36.